The second kappa shape index (κ2) is 2.52. The van der Waals surface area contributed by atoms with Crippen LogP contribution in [0, 0.1) is 0 Å². The first-order chi connectivity index (χ1) is 4.33. The Kier molecular flexibility index (Phi) is 1.72. The van der Waals surface area contributed by atoms with E-state index in [1.165, 1.54) is 11.1 Å². The summed E-state index contributed by atoms with van der Waals surface area (Å²) < 4.78 is 0. The molecule has 0 amide bonds. The molecule has 0 aromatic carbocycles. The number of allylic oxidation sites excluding steroid dienone is 4. The van der Waals surface area contributed by atoms with E-state index in [0.29, 0.717) is 0 Å². The molecule has 46 valence electrons. The molecule has 0 aromatic rings. The van der Waals surface area contributed by atoms with Gasteiger partial charge in [-0.25, -0.2) is 0 Å². The van der Waals surface area contributed by atoms with E-state index >= 15 is 0 Å². The number of hydrogen-bond acceptors (Lipinski definition) is 0. The molecule has 0 N–H and O–H groups in total. The summed E-state index contributed by atoms with van der Waals surface area (Å²) in [7, 11) is 0. The van der Waals surface area contributed by atoms with Crippen LogP contribution in [0.2, 0.25) is 0 Å². The Morgan fingerprint density at radius 1 is 1.33 bits per heavy atom. The van der Waals surface area contributed by atoms with Gasteiger partial charge < -0.3 is 0 Å². The summed E-state index contributed by atoms with van der Waals surface area (Å²) in [5.41, 5.74) is 5.26. The summed E-state index contributed by atoms with van der Waals surface area (Å²) in [4.78, 5) is 0. The lowest BCUT2D eigenvalue weighted by molar-refractivity contribution is 0.954. The molecule has 1 rings (SSSR count). The standard InChI is InChI=1S/C9H10/c1-3-9-6-4-8(2)5-7-9/h4,6H,1-2,5,7H2. The molecular formula is C9H10. The molecule has 0 heteroatoms. The van der Waals surface area contributed by atoms with E-state index in [1.54, 1.807) is 0 Å². The normalized spacial score (nSPS) is 17.8. The van der Waals surface area contributed by atoms with Crippen LogP contribution in [0.4, 0.5) is 0 Å². The van der Waals surface area contributed by atoms with Crippen LogP contribution in [-0.2, 0) is 0 Å². The van der Waals surface area contributed by atoms with Crippen LogP contribution in [0.15, 0.2) is 42.2 Å². The van der Waals surface area contributed by atoms with Gasteiger partial charge in [-0.15, -0.1) is 5.73 Å². The Balaban J connectivity index is 2.81. The van der Waals surface area contributed by atoms with Crippen molar-refractivity contribution < 1.29 is 0 Å². The summed E-state index contributed by atoms with van der Waals surface area (Å²) in [6, 6.07) is 0. The highest BCUT2D eigenvalue weighted by Crippen LogP contribution is 2.17. The highest BCUT2D eigenvalue weighted by atomic mass is 14.0. The lowest BCUT2D eigenvalue weighted by Gasteiger charge is -2.05. The van der Waals surface area contributed by atoms with Crippen molar-refractivity contribution in [2.24, 2.45) is 0 Å². The Bertz CT molecular complexity index is 200. The molecule has 0 saturated heterocycles. The maximum Gasteiger partial charge on any atom is -0.00632 e. The Morgan fingerprint density at radius 2 is 2.11 bits per heavy atom. The largest absolute Gasteiger partial charge is 0.125 e. The van der Waals surface area contributed by atoms with Crippen molar-refractivity contribution in [2.75, 3.05) is 0 Å². The van der Waals surface area contributed by atoms with Crippen LogP contribution in [0.3, 0.4) is 0 Å². The van der Waals surface area contributed by atoms with E-state index < -0.39 is 0 Å². The molecule has 0 fully saturated rings. The average molecular weight is 118 g/mol. The predicted molar refractivity (Wildman–Crippen MR) is 40.2 cm³/mol. The number of hydrogen-bond donors (Lipinski definition) is 0. The van der Waals surface area contributed by atoms with Gasteiger partial charge in [0.15, 0.2) is 0 Å². The topological polar surface area (TPSA) is 0 Å². The van der Waals surface area contributed by atoms with Gasteiger partial charge in [0.25, 0.3) is 0 Å². The van der Waals surface area contributed by atoms with Gasteiger partial charge in [0.2, 0.25) is 0 Å². The van der Waals surface area contributed by atoms with Gasteiger partial charge in [-0.1, -0.05) is 30.9 Å². The highest BCUT2D eigenvalue weighted by molar-refractivity contribution is 5.31. The average Bonchev–Trinajstić information content (AvgIpc) is 1.90. The first kappa shape index (κ1) is 6.12. The predicted octanol–water partition coefficient (Wildman–Crippen LogP) is 2.60. The molecule has 0 nitrogen and oxygen atoms in total. The zero-order valence-electron chi connectivity index (χ0n) is 5.48. The fourth-order valence-corrected chi connectivity index (χ4v) is 0.828. The van der Waals surface area contributed by atoms with Crippen molar-refractivity contribution in [1.29, 1.82) is 0 Å². The molecule has 0 heterocycles. The quantitative estimate of drug-likeness (QED) is 0.429. The Morgan fingerprint density at radius 3 is 2.56 bits per heavy atom. The zero-order valence-corrected chi connectivity index (χ0v) is 5.48. The summed E-state index contributed by atoms with van der Waals surface area (Å²) in [6.45, 7) is 7.40. The van der Waals surface area contributed by atoms with Crippen molar-refractivity contribution >= 4 is 0 Å². The van der Waals surface area contributed by atoms with Crippen molar-refractivity contribution in [1.82, 2.24) is 0 Å². The molecule has 0 aliphatic heterocycles. The minimum absolute atomic E-state index is 1.05. The van der Waals surface area contributed by atoms with E-state index in [1.807, 2.05) is 12.2 Å². The maximum absolute atomic E-state index is 3.83. The highest BCUT2D eigenvalue weighted by Gasteiger charge is 1.98. The second-order valence-corrected chi connectivity index (χ2v) is 2.19. The molecule has 1 aliphatic rings. The van der Waals surface area contributed by atoms with E-state index in [-0.39, 0.29) is 0 Å². The van der Waals surface area contributed by atoms with Crippen LogP contribution >= 0.6 is 0 Å². The molecule has 0 radical (unpaired) electrons. The van der Waals surface area contributed by atoms with E-state index in [2.05, 4.69) is 18.9 Å². The van der Waals surface area contributed by atoms with Crippen molar-refractivity contribution in [3.05, 3.63) is 42.2 Å². The molecule has 0 spiro atoms. The van der Waals surface area contributed by atoms with Crippen LogP contribution in [0.25, 0.3) is 0 Å². The maximum atomic E-state index is 3.83. The van der Waals surface area contributed by atoms with Gasteiger partial charge in [-0.2, -0.15) is 0 Å². The minimum atomic E-state index is 1.05. The molecule has 0 unspecified atom stereocenters. The lowest BCUT2D eigenvalue weighted by Crippen LogP contribution is -1.86. The summed E-state index contributed by atoms with van der Waals surface area (Å²) in [5, 5.41) is 0. The van der Waals surface area contributed by atoms with Gasteiger partial charge in [-0.3, -0.25) is 0 Å². The molecular weight excluding hydrogens is 108 g/mol. The minimum Gasteiger partial charge on any atom is -0.125 e. The number of rotatable bonds is 0. The molecule has 0 aromatic heterocycles. The molecule has 1 aliphatic carbocycles. The van der Waals surface area contributed by atoms with E-state index in [0.717, 1.165) is 12.8 Å². The van der Waals surface area contributed by atoms with Gasteiger partial charge in [0.1, 0.15) is 0 Å². The molecule has 9 heavy (non-hydrogen) atoms. The van der Waals surface area contributed by atoms with Crippen LogP contribution < -0.4 is 0 Å². The van der Waals surface area contributed by atoms with E-state index in [9.17, 15) is 0 Å². The third kappa shape index (κ3) is 1.45. The monoisotopic (exact) mass is 118 g/mol. The Hall–Kier alpha value is -1.00. The lowest BCUT2D eigenvalue weighted by atomic mass is 10.00. The SMILES string of the molecule is C=C=C1C=CC(=C)CC1. The fraction of sp³-hybridized carbons (Fsp3) is 0.222. The fourth-order valence-electron chi connectivity index (χ4n) is 0.828. The van der Waals surface area contributed by atoms with Crippen molar-refractivity contribution in [2.45, 2.75) is 12.8 Å². The summed E-state index contributed by atoms with van der Waals surface area (Å²) in [5.74, 6) is 0. The van der Waals surface area contributed by atoms with Gasteiger partial charge in [0, 0.05) is 0 Å². The van der Waals surface area contributed by atoms with Gasteiger partial charge in [-0.05, 0) is 18.4 Å². The van der Waals surface area contributed by atoms with Crippen molar-refractivity contribution in [3.8, 4) is 0 Å². The zero-order chi connectivity index (χ0) is 6.69. The first-order valence-electron chi connectivity index (χ1n) is 3.07. The molecule has 0 bridgehead atoms. The summed E-state index contributed by atoms with van der Waals surface area (Å²) >= 11 is 0. The van der Waals surface area contributed by atoms with Crippen LogP contribution in [-0.4, -0.2) is 0 Å². The van der Waals surface area contributed by atoms with E-state index in [4.69, 9.17) is 0 Å². The third-order valence-corrected chi connectivity index (χ3v) is 1.46. The Labute approximate surface area is 55.9 Å². The van der Waals surface area contributed by atoms with Crippen LogP contribution in [0.5, 0.6) is 0 Å². The molecule has 0 saturated carbocycles. The molecule has 0 atom stereocenters. The van der Waals surface area contributed by atoms with Crippen LogP contribution in [0.1, 0.15) is 12.8 Å². The van der Waals surface area contributed by atoms with Crippen molar-refractivity contribution in [3.63, 3.8) is 0 Å². The second-order valence-electron chi connectivity index (χ2n) is 2.19. The smallest absolute Gasteiger partial charge is 0.00632 e. The van der Waals surface area contributed by atoms with Gasteiger partial charge in [0.05, 0.1) is 0 Å². The first-order valence-corrected chi connectivity index (χ1v) is 3.07. The third-order valence-electron chi connectivity index (χ3n) is 1.46. The van der Waals surface area contributed by atoms with Gasteiger partial charge >= 0.3 is 0 Å². The summed E-state index contributed by atoms with van der Waals surface area (Å²) in [6.07, 6.45) is 6.17.